The summed E-state index contributed by atoms with van der Waals surface area (Å²) < 4.78 is 33.7. The van der Waals surface area contributed by atoms with Gasteiger partial charge in [-0.3, -0.25) is 4.79 Å². The highest BCUT2D eigenvalue weighted by molar-refractivity contribution is 7.89. The lowest BCUT2D eigenvalue weighted by atomic mass is 10.1. The third-order valence-electron chi connectivity index (χ3n) is 4.54. The van der Waals surface area contributed by atoms with Crippen molar-refractivity contribution in [1.29, 1.82) is 0 Å². The maximum absolute atomic E-state index is 12.8. The number of carboxylic acid groups (broad SMARTS) is 1. The number of sulfonamides is 1. The number of rotatable bonds is 6. The van der Waals surface area contributed by atoms with Crippen molar-refractivity contribution in [3.05, 3.63) is 78.4 Å². The van der Waals surface area contributed by atoms with Crippen molar-refractivity contribution in [3.8, 4) is 0 Å². The van der Waals surface area contributed by atoms with Gasteiger partial charge in [-0.15, -0.1) is 0 Å². The number of fused-ring (bicyclic) bond motifs is 3. The predicted octanol–water partition coefficient (Wildman–Crippen LogP) is 3.56. The van der Waals surface area contributed by atoms with Gasteiger partial charge in [-0.05, 0) is 36.2 Å². The highest BCUT2D eigenvalue weighted by Crippen LogP contribution is 2.30. The summed E-state index contributed by atoms with van der Waals surface area (Å²) in [5.74, 6) is -1.23. The van der Waals surface area contributed by atoms with E-state index in [4.69, 9.17) is 4.42 Å². The zero-order chi connectivity index (χ0) is 19.7. The lowest BCUT2D eigenvalue weighted by Crippen LogP contribution is -2.42. The van der Waals surface area contributed by atoms with Gasteiger partial charge in [0.2, 0.25) is 10.0 Å². The highest BCUT2D eigenvalue weighted by Gasteiger charge is 2.26. The van der Waals surface area contributed by atoms with Crippen LogP contribution in [0.4, 0.5) is 0 Å². The molecule has 3 aromatic carbocycles. The minimum absolute atomic E-state index is 0.00846. The number of nitrogens with one attached hydrogen (secondary N) is 1. The third kappa shape index (κ3) is 3.49. The van der Waals surface area contributed by atoms with E-state index >= 15 is 0 Å². The Kier molecular flexibility index (Phi) is 4.62. The zero-order valence-electron chi connectivity index (χ0n) is 14.7. The molecular weight excluding hydrogens is 378 g/mol. The molecule has 0 saturated heterocycles. The molecule has 0 bridgehead atoms. The summed E-state index contributed by atoms with van der Waals surface area (Å²) in [6.07, 6.45) is 0.0479. The fraction of sp³-hybridized carbons (Fsp3) is 0.0952. The monoisotopic (exact) mass is 395 g/mol. The molecule has 0 fully saturated rings. The van der Waals surface area contributed by atoms with Crippen LogP contribution >= 0.6 is 0 Å². The Hall–Kier alpha value is -3.16. The van der Waals surface area contributed by atoms with Gasteiger partial charge in [0.05, 0.1) is 4.90 Å². The standard InChI is InChI=1S/C21H17NO5S/c23-21(24)18(12-14-6-2-1-3-7-14)22-28(25,26)15-10-11-20-17(13-15)16-8-4-5-9-19(16)27-20/h1-11,13,18,22H,12H2,(H,23,24). The highest BCUT2D eigenvalue weighted by atomic mass is 32.2. The van der Waals surface area contributed by atoms with Crippen molar-refractivity contribution in [1.82, 2.24) is 4.72 Å². The molecule has 1 unspecified atom stereocenters. The van der Waals surface area contributed by atoms with Crippen molar-refractivity contribution < 1.29 is 22.7 Å². The summed E-state index contributed by atoms with van der Waals surface area (Å²) in [6.45, 7) is 0. The minimum atomic E-state index is -4.04. The van der Waals surface area contributed by atoms with Gasteiger partial charge < -0.3 is 9.52 Å². The first-order valence-corrected chi connectivity index (χ1v) is 10.1. The molecule has 1 heterocycles. The number of carbonyl (C=O) groups is 1. The lowest BCUT2D eigenvalue weighted by molar-refractivity contribution is -0.138. The van der Waals surface area contributed by atoms with Gasteiger partial charge in [-0.2, -0.15) is 4.72 Å². The van der Waals surface area contributed by atoms with E-state index in [-0.39, 0.29) is 11.3 Å². The van der Waals surface area contributed by atoms with E-state index in [1.807, 2.05) is 30.3 Å². The van der Waals surface area contributed by atoms with E-state index in [0.29, 0.717) is 16.6 Å². The van der Waals surface area contributed by atoms with E-state index < -0.39 is 22.0 Å². The Morgan fingerprint density at radius 3 is 2.36 bits per heavy atom. The summed E-state index contributed by atoms with van der Waals surface area (Å²) in [7, 11) is -4.04. The fourth-order valence-corrected chi connectivity index (χ4v) is 4.37. The van der Waals surface area contributed by atoms with Gasteiger partial charge in [0, 0.05) is 10.8 Å². The van der Waals surface area contributed by atoms with E-state index in [1.54, 1.807) is 30.3 Å². The third-order valence-corrected chi connectivity index (χ3v) is 6.01. The quantitative estimate of drug-likeness (QED) is 0.520. The maximum Gasteiger partial charge on any atom is 0.322 e. The van der Waals surface area contributed by atoms with E-state index in [2.05, 4.69) is 4.72 Å². The van der Waals surface area contributed by atoms with Crippen LogP contribution in [0.2, 0.25) is 0 Å². The number of aliphatic carboxylic acids is 1. The molecule has 4 rings (SSSR count). The molecule has 0 aliphatic heterocycles. The molecule has 1 aromatic heterocycles. The number of carboxylic acids is 1. The van der Waals surface area contributed by atoms with Crippen LogP contribution in [0.5, 0.6) is 0 Å². The Bertz CT molecular complexity index is 1260. The topological polar surface area (TPSA) is 96.6 Å². The van der Waals surface area contributed by atoms with Gasteiger partial charge in [0.15, 0.2) is 0 Å². The lowest BCUT2D eigenvalue weighted by Gasteiger charge is -2.15. The second-order valence-electron chi connectivity index (χ2n) is 6.46. The summed E-state index contributed by atoms with van der Waals surface area (Å²) in [5.41, 5.74) is 1.96. The van der Waals surface area contributed by atoms with Crippen LogP contribution in [0.25, 0.3) is 21.9 Å². The molecule has 0 aliphatic rings. The summed E-state index contributed by atoms with van der Waals surface area (Å²) in [6, 6.07) is 19.4. The SMILES string of the molecule is O=C(O)C(Cc1ccccc1)NS(=O)(=O)c1ccc2oc3ccccc3c2c1. The summed E-state index contributed by atoms with van der Waals surface area (Å²) in [4.78, 5) is 11.6. The van der Waals surface area contributed by atoms with Gasteiger partial charge in [0.1, 0.15) is 17.2 Å². The van der Waals surface area contributed by atoms with E-state index in [9.17, 15) is 18.3 Å². The van der Waals surface area contributed by atoms with Crippen molar-refractivity contribution in [3.63, 3.8) is 0 Å². The zero-order valence-corrected chi connectivity index (χ0v) is 15.5. The molecule has 6 nitrogen and oxygen atoms in total. The van der Waals surface area contributed by atoms with Crippen molar-refractivity contribution in [2.45, 2.75) is 17.4 Å². The Morgan fingerprint density at radius 2 is 1.61 bits per heavy atom. The molecule has 2 N–H and O–H groups in total. The maximum atomic E-state index is 12.8. The molecule has 0 spiro atoms. The number of furan rings is 1. The molecule has 1 atom stereocenters. The second kappa shape index (κ2) is 7.10. The van der Waals surface area contributed by atoms with Gasteiger partial charge >= 0.3 is 5.97 Å². The second-order valence-corrected chi connectivity index (χ2v) is 8.17. The Morgan fingerprint density at radius 1 is 0.929 bits per heavy atom. The van der Waals surface area contributed by atoms with Crippen molar-refractivity contribution >= 4 is 37.9 Å². The summed E-state index contributed by atoms with van der Waals surface area (Å²) in [5, 5.41) is 10.9. The average Bonchev–Trinajstić information content (AvgIpc) is 3.06. The molecule has 7 heteroatoms. The Balaban J connectivity index is 1.68. The largest absolute Gasteiger partial charge is 0.480 e. The first-order chi connectivity index (χ1) is 13.4. The van der Waals surface area contributed by atoms with Crippen LogP contribution in [0, 0.1) is 0 Å². The first-order valence-electron chi connectivity index (χ1n) is 8.64. The van der Waals surface area contributed by atoms with Gasteiger partial charge in [-0.1, -0.05) is 48.5 Å². The van der Waals surface area contributed by atoms with Crippen LogP contribution < -0.4 is 4.72 Å². The molecule has 28 heavy (non-hydrogen) atoms. The van der Waals surface area contributed by atoms with Crippen LogP contribution in [-0.4, -0.2) is 25.5 Å². The van der Waals surface area contributed by atoms with E-state index in [0.717, 1.165) is 10.9 Å². The van der Waals surface area contributed by atoms with Crippen LogP contribution in [0.15, 0.2) is 82.1 Å². The van der Waals surface area contributed by atoms with Gasteiger partial charge in [0.25, 0.3) is 0 Å². The van der Waals surface area contributed by atoms with Crippen LogP contribution in [0.1, 0.15) is 5.56 Å². The van der Waals surface area contributed by atoms with Crippen LogP contribution in [-0.2, 0) is 21.2 Å². The van der Waals surface area contributed by atoms with E-state index in [1.165, 1.54) is 12.1 Å². The van der Waals surface area contributed by atoms with Crippen LogP contribution in [0.3, 0.4) is 0 Å². The molecule has 0 saturated carbocycles. The fourth-order valence-electron chi connectivity index (χ4n) is 3.16. The van der Waals surface area contributed by atoms with Gasteiger partial charge in [-0.25, -0.2) is 8.42 Å². The average molecular weight is 395 g/mol. The molecule has 4 aromatic rings. The molecular formula is C21H17NO5S. The number of para-hydroxylation sites is 1. The predicted molar refractivity (Wildman–Crippen MR) is 106 cm³/mol. The minimum Gasteiger partial charge on any atom is -0.480 e. The Labute approximate surface area is 161 Å². The summed E-state index contributed by atoms with van der Waals surface area (Å²) >= 11 is 0. The number of hydrogen-bond acceptors (Lipinski definition) is 4. The number of hydrogen-bond donors (Lipinski definition) is 2. The molecule has 142 valence electrons. The van der Waals surface area contributed by atoms with Crippen molar-refractivity contribution in [2.24, 2.45) is 0 Å². The number of benzene rings is 3. The first kappa shape index (κ1) is 18.2. The molecule has 0 amide bonds. The molecule has 0 radical (unpaired) electrons. The smallest absolute Gasteiger partial charge is 0.322 e. The normalized spacial score (nSPS) is 13.0. The van der Waals surface area contributed by atoms with Crippen molar-refractivity contribution in [2.75, 3.05) is 0 Å². The molecule has 0 aliphatic carbocycles.